The summed E-state index contributed by atoms with van der Waals surface area (Å²) in [6.45, 7) is 4.24. The summed E-state index contributed by atoms with van der Waals surface area (Å²) in [5, 5.41) is 3.14. The van der Waals surface area contributed by atoms with E-state index in [1.165, 1.54) is 11.1 Å². The van der Waals surface area contributed by atoms with Gasteiger partial charge in [0.25, 0.3) is 0 Å². The van der Waals surface area contributed by atoms with E-state index in [2.05, 4.69) is 37.4 Å². The Morgan fingerprint density at radius 1 is 0.955 bits per heavy atom. The number of fused-ring (bicyclic) bond motifs is 2. The van der Waals surface area contributed by atoms with Crippen molar-refractivity contribution in [3.63, 3.8) is 0 Å². The molecule has 108 valence electrons. The van der Waals surface area contributed by atoms with Gasteiger partial charge in [0.2, 0.25) is 0 Å². The number of aryl methyl sites for hydroxylation is 2. The average Bonchev–Trinajstić information content (AvgIpc) is 3.01. The van der Waals surface area contributed by atoms with Gasteiger partial charge in [-0.05, 0) is 54.6 Å². The number of pyridine rings is 1. The van der Waals surface area contributed by atoms with Crippen LogP contribution in [0.15, 0.2) is 53.9 Å². The molecular formula is C19H15NOS. The fourth-order valence-corrected chi connectivity index (χ4v) is 3.47. The quantitative estimate of drug-likeness (QED) is 0.463. The van der Waals surface area contributed by atoms with Crippen molar-refractivity contribution >= 4 is 32.5 Å². The van der Waals surface area contributed by atoms with Gasteiger partial charge in [0, 0.05) is 5.39 Å². The summed E-state index contributed by atoms with van der Waals surface area (Å²) in [6, 6.07) is 16.2. The van der Waals surface area contributed by atoms with Crippen LogP contribution < -0.4 is 4.74 Å². The second-order valence-electron chi connectivity index (χ2n) is 5.39. The molecule has 4 aromatic rings. The van der Waals surface area contributed by atoms with Crippen LogP contribution in [0, 0.1) is 13.8 Å². The van der Waals surface area contributed by atoms with Crippen LogP contribution in [0.25, 0.3) is 21.1 Å². The molecule has 4 rings (SSSR count). The van der Waals surface area contributed by atoms with E-state index in [9.17, 15) is 0 Å². The van der Waals surface area contributed by atoms with Crippen LogP contribution in [0.1, 0.15) is 11.1 Å². The summed E-state index contributed by atoms with van der Waals surface area (Å²) >= 11 is 1.67. The third-order valence-electron chi connectivity index (χ3n) is 3.99. The summed E-state index contributed by atoms with van der Waals surface area (Å²) in [6.07, 6.45) is 0. The molecule has 2 aromatic carbocycles. The van der Waals surface area contributed by atoms with Crippen LogP contribution in [0.4, 0.5) is 0 Å². The minimum atomic E-state index is 0.850. The lowest BCUT2D eigenvalue weighted by atomic mass is 10.0. The summed E-state index contributed by atoms with van der Waals surface area (Å²) in [4.78, 5) is 4.83. The van der Waals surface area contributed by atoms with E-state index in [-0.39, 0.29) is 0 Å². The first-order chi connectivity index (χ1) is 10.7. The van der Waals surface area contributed by atoms with Crippen LogP contribution in [-0.2, 0) is 0 Å². The standard InChI is InChI=1S/C19H15NOS/c1-12-8-9-15-17(13(12)2)20-16-10-11-22-19(16)18(15)21-14-6-4-3-5-7-14/h3-11H,1-2H3. The van der Waals surface area contributed by atoms with Gasteiger partial charge in [-0.25, -0.2) is 4.98 Å². The molecule has 0 N–H and O–H groups in total. The molecule has 0 amide bonds. The van der Waals surface area contributed by atoms with Gasteiger partial charge >= 0.3 is 0 Å². The zero-order valence-corrected chi connectivity index (χ0v) is 13.3. The van der Waals surface area contributed by atoms with E-state index < -0.39 is 0 Å². The van der Waals surface area contributed by atoms with E-state index in [1.807, 2.05) is 30.3 Å². The highest BCUT2D eigenvalue weighted by Gasteiger charge is 2.14. The number of ether oxygens (including phenoxy) is 1. The maximum absolute atomic E-state index is 6.23. The van der Waals surface area contributed by atoms with E-state index in [1.54, 1.807) is 11.3 Å². The third-order valence-corrected chi connectivity index (χ3v) is 4.89. The lowest BCUT2D eigenvalue weighted by Crippen LogP contribution is -1.92. The monoisotopic (exact) mass is 305 g/mol. The highest BCUT2D eigenvalue weighted by atomic mass is 32.1. The SMILES string of the molecule is Cc1ccc2c(Oc3ccccc3)c3sccc3nc2c1C. The second-order valence-corrected chi connectivity index (χ2v) is 6.31. The highest BCUT2D eigenvalue weighted by Crippen LogP contribution is 2.40. The van der Waals surface area contributed by atoms with Gasteiger partial charge in [-0.3, -0.25) is 0 Å². The Hall–Kier alpha value is -2.39. The lowest BCUT2D eigenvalue weighted by molar-refractivity contribution is 0.494. The molecule has 3 heteroatoms. The Morgan fingerprint density at radius 2 is 1.77 bits per heavy atom. The van der Waals surface area contributed by atoms with Crippen molar-refractivity contribution in [3.8, 4) is 11.5 Å². The molecule has 2 aromatic heterocycles. The summed E-state index contributed by atoms with van der Waals surface area (Å²) in [5.74, 6) is 1.76. The zero-order valence-electron chi connectivity index (χ0n) is 12.5. The number of hydrogen-bond donors (Lipinski definition) is 0. The van der Waals surface area contributed by atoms with E-state index in [0.29, 0.717) is 0 Å². The van der Waals surface area contributed by atoms with Gasteiger partial charge in [0.05, 0.1) is 15.7 Å². The van der Waals surface area contributed by atoms with Crippen LogP contribution >= 0.6 is 11.3 Å². The predicted molar refractivity (Wildman–Crippen MR) is 93.1 cm³/mol. The smallest absolute Gasteiger partial charge is 0.156 e. The molecule has 0 unspecified atom stereocenters. The molecular weight excluding hydrogens is 290 g/mol. The van der Waals surface area contributed by atoms with Crippen molar-refractivity contribution in [1.29, 1.82) is 0 Å². The highest BCUT2D eigenvalue weighted by molar-refractivity contribution is 7.17. The van der Waals surface area contributed by atoms with Crippen molar-refractivity contribution in [1.82, 2.24) is 4.98 Å². The lowest BCUT2D eigenvalue weighted by Gasteiger charge is -2.12. The van der Waals surface area contributed by atoms with E-state index in [0.717, 1.165) is 32.6 Å². The van der Waals surface area contributed by atoms with Crippen molar-refractivity contribution in [2.24, 2.45) is 0 Å². The zero-order chi connectivity index (χ0) is 15.1. The first kappa shape index (κ1) is 13.3. The molecule has 22 heavy (non-hydrogen) atoms. The minimum Gasteiger partial charge on any atom is -0.455 e. The minimum absolute atomic E-state index is 0.850. The number of thiophene rings is 1. The number of hydrogen-bond acceptors (Lipinski definition) is 3. The Balaban J connectivity index is 2.04. The molecule has 2 heterocycles. The van der Waals surface area contributed by atoms with Crippen molar-refractivity contribution < 1.29 is 4.74 Å². The number of nitrogens with zero attached hydrogens (tertiary/aromatic N) is 1. The van der Waals surface area contributed by atoms with Gasteiger partial charge in [0.15, 0.2) is 5.75 Å². The van der Waals surface area contributed by atoms with Gasteiger partial charge in [-0.15, -0.1) is 11.3 Å². The Bertz CT molecular complexity index is 973. The number of rotatable bonds is 2. The Morgan fingerprint density at radius 3 is 2.59 bits per heavy atom. The van der Waals surface area contributed by atoms with Gasteiger partial charge in [-0.2, -0.15) is 0 Å². The maximum atomic E-state index is 6.23. The van der Waals surface area contributed by atoms with Gasteiger partial charge in [0.1, 0.15) is 5.75 Å². The summed E-state index contributed by atoms with van der Waals surface area (Å²) < 4.78 is 7.33. The number of aromatic nitrogens is 1. The fourth-order valence-electron chi connectivity index (χ4n) is 2.64. The van der Waals surface area contributed by atoms with Crippen LogP contribution in [0.3, 0.4) is 0 Å². The summed E-state index contributed by atoms with van der Waals surface area (Å²) in [7, 11) is 0. The molecule has 0 radical (unpaired) electrons. The molecule has 0 saturated heterocycles. The molecule has 0 aliphatic rings. The third kappa shape index (κ3) is 2.06. The first-order valence-corrected chi connectivity index (χ1v) is 8.12. The Kier molecular flexibility index (Phi) is 3.09. The van der Waals surface area contributed by atoms with Gasteiger partial charge in [-0.1, -0.05) is 24.3 Å². The normalized spacial score (nSPS) is 11.2. The molecule has 0 saturated carbocycles. The molecule has 0 atom stereocenters. The number of benzene rings is 2. The van der Waals surface area contributed by atoms with Crippen LogP contribution in [0.5, 0.6) is 11.5 Å². The fraction of sp³-hybridized carbons (Fsp3) is 0.105. The molecule has 2 nitrogen and oxygen atoms in total. The largest absolute Gasteiger partial charge is 0.455 e. The van der Waals surface area contributed by atoms with Crippen LogP contribution in [-0.4, -0.2) is 4.98 Å². The van der Waals surface area contributed by atoms with Crippen LogP contribution in [0.2, 0.25) is 0 Å². The maximum Gasteiger partial charge on any atom is 0.156 e. The molecule has 0 spiro atoms. The molecule has 0 bridgehead atoms. The van der Waals surface area contributed by atoms with Crippen molar-refractivity contribution in [3.05, 3.63) is 65.0 Å². The first-order valence-electron chi connectivity index (χ1n) is 7.24. The van der Waals surface area contributed by atoms with Crippen molar-refractivity contribution in [2.45, 2.75) is 13.8 Å². The second kappa shape index (κ2) is 5.11. The number of para-hydroxylation sites is 1. The topological polar surface area (TPSA) is 22.1 Å². The summed E-state index contributed by atoms with van der Waals surface area (Å²) in [5.41, 5.74) is 4.48. The molecule has 0 fully saturated rings. The average molecular weight is 305 g/mol. The Labute approximate surface area is 133 Å². The molecule has 0 aliphatic carbocycles. The van der Waals surface area contributed by atoms with E-state index >= 15 is 0 Å². The molecule has 0 aliphatic heterocycles. The van der Waals surface area contributed by atoms with Crippen molar-refractivity contribution in [2.75, 3.05) is 0 Å². The predicted octanol–water partition coefficient (Wildman–Crippen LogP) is 5.86. The van der Waals surface area contributed by atoms with Gasteiger partial charge < -0.3 is 4.74 Å². The van der Waals surface area contributed by atoms with E-state index in [4.69, 9.17) is 9.72 Å².